The molecule has 0 saturated carbocycles. The Hall–Kier alpha value is -1.55. The van der Waals surface area contributed by atoms with Crippen LogP contribution < -0.4 is 5.73 Å². The quantitative estimate of drug-likeness (QED) is 0.758. The third kappa shape index (κ3) is 1.33. The summed E-state index contributed by atoms with van der Waals surface area (Å²) in [6, 6.07) is 6.23. The summed E-state index contributed by atoms with van der Waals surface area (Å²) in [5, 5.41) is 11.4. The Bertz CT molecular complexity index is 447. The number of halogens is 1. The molecule has 0 unspecified atom stereocenters. The maximum absolute atomic E-state index is 13.4. The topological polar surface area (TPSA) is 46.2 Å². The van der Waals surface area contributed by atoms with Crippen molar-refractivity contribution in [2.45, 2.75) is 0 Å². The lowest BCUT2D eigenvalue weighted by Gasteiger charge is -2.02. The fraction of sp³-hybridized carbons (Fsp3) is 0. The van der Waals surface area contributed by atoms with Gasteiger partial charge in [-0.05, 0) is 6.07 Å². The summed E-state index contributed by atoms with van der Waals surface area (Å²) < 4.78 is 13.4. The van der Waals surface area contributed by atoms with Crippen LogP contribution in [0.15, 0.2) is 29.6 Å². The molecule has 2 rings (SSSR count). The maximum Gasteiger partial charge on any atom is 0.136 e. The van der Waals surface area contributed by atoms with Crippen LogP contribution in [0.4, 0.5) is 9.39 Å². The molecule has 4 heteroatoms. The lowest BCUT2D eigenvalue weighted by Crippen LogP contribution is -1.87. The Morgan fingerprint density at radius 3 is 2.57 bits per heavy atom. The molecule has 2 aromatic rings. The van der Waals surface area contributed by atoms with E-state index in [1.165, 1.54) is 22.8 Å². The lowest BCUT2D eigenvalue weighted by atomic mass is 10.1. The number of nitrogens with two attached hydrogens (primary N) is 1. The van der Waals surface area contributed by atoms with E-state index in [1.807, 2.05) is 0 Å². The van der Waals surface area contributed by atoms with Gasteiger partial charge in [-0.15, -0.1) is 11.3 Å². The zero-order valence-corrected chi connectivity index (χ0v) is 8.01. The summed E-state index contributed by atoms with van der Waals surface area (Å²) in [7, 11) is 0. The van der Waals surface area contributed by atoms with Crippen LogP contribution in [0.25, 0.3) is 11.1 Å². The first-order valence-electron chi connectivity index (χ1n) is 4.01. The van der Waals surface area contributed by atoms with Crippen molar-refractivity contribution in [2.75, 3.05) is 5.73 Å². The highest BCUT2D eigenvalue weighted by Crippen LogP contribution is 2.40. The first-order valence-corrected chi connectivity index (χ1v) is 4.89. The molecule has 0 bridgehead atoms. The normalized spacial score (nSPS) is 10.4. The highest BCUT2D eigenvalue weighted by atomic mass is 32.1. The molecule has 0 atom stereocenters. The predicted molar refractivity (Wildman–Crippen MR) is 55.8 cm³/mol. The van der Waals surface area contributed by atoms with Crippen LogP contribution in [0.3, 0.4) is 0 Å². The molecule has 0 aliphatic heterocycles. The first-order chi connectivity index (χ1) is 6.70. The van der Waals surface area contributed by atoms with Crippen LogP contribution in [-0.2, 0) is 0 Å². The van der Waals surface area contributed by atoms with E-state index in [9.17, 15) is 9.50 Å². The minimum Gasteiger partial charge on any atom is -0.506 e. The Morgan fingerprint density at radius 1 is 1.29 bits per heavy atom. The van der Waals surface area contributed by atoms with Gasteiger partial charge in [0, 0.05) is 10.9 Å². The third-order valence-corrected chi connectivity index (χ3v) is 2.74. The molecule has 0 fully saturated rings. The highest BCUT2D eigenvalue weighted by Gasteiger charge is 2.13. The van der Waals surface area contributed by atoms with Crippen molar-refractivity contribution >= 4 is 16.3 Å². The number of hydrogen-bond acceptors (Lipinski definition) is 3. The molecule has 0 amide bonds. The molecule has 14 heavy (non-hydrogen) atoms. The fourth-order valence-electron chi connectivity index (χ4n) is 1.30. The second-order valence-corrected chi connectivity index (χ2v) is 3.75. The minimum atomic E-state index is -0.382. The Balaban J connectivity index is 2.66. The van der Waals surface area contributed by atoms with Gasteiger partial charge in [0.15, 0.2) is 0 Å². The van der Waals surface area contributed by atoms with Gasteiger partial charge in [-0.25, -0.2) is 4.39 Å². The third-order valence-electron chi connectivity index (χ3n) is 1.94. The Kier molecular flexibility index (Phi) is 2.13. The standard InChI is InChI=1S/C10H8FNOS/c11-7-4-2-1-3-6(7)9-8(13)5-14-10(9)12/h1-5,13H,12H2. The van der Waals surface area contributed by atoms with Gasteiger partial charge in [0.25, 0.3) is 0 Å². The van der Waals surface area contributed by atoms with E-state index in [0.717, 1.165) is 0 Å². The number of thiophene rings is 1. The van der Waals surface area contributed by atoms with E-state index in [2.05, 4.69) is 0 Å². The minimum absolute atomic E-state index is 0.0256. The van der Waals surface area contributed by atoms with E-state index in [0.29, 0.717) is 16.1 Å². The SMILES string of the molecule is Nc1scc(O)c1-c1ccccc1F. The number of rotatable bonds is 1. The van der Waals surface area contributed by atoms with Crippen molar-refractivity contribution in [1.29, 1.82) is 0 Å². The van der Waals surface area contributed by atoms with Crippen LogP contribution in [0.1, 0.15) is 0 Å². The van der Waals surface area contributed by atoms with Gasteiger partial charge in [-0.2, -0.15) is 0 Å². The molecule has 2 nitrogen and oxygen atoms in total. The second kappa shape index (κ2) is 3.31. The molecule has 0 saturated heterocycles. The predicted octanol–water partition coefficient (Wildman–Crippen LogP) is 2.84. The van der Waals surface area contributed by atoms with Crippen LogP contribution in [0.5, 0.6) is 5.75 Å². The van der Waals surface area contributed by atoms with Crippen molar-refractivity contribution in [3.63, 3.8) is 0 Å². The molecule has 1 aromatic carbocycles. The molecule has 72 valence electrons. The van der Waals surface area contributed by atoms with Gasteiger partial charge in [0.05, 0.1) is 10.6 Å². The maximum atomic E-state index is 13.4. The van der Waals surface area contributed by atoms with Crippen LogP contribution in [0, 0.1) is 5.82 Å². The summed E-state index contributed by atoms with van der Waals surface area (Å²) in [5.41, 5.74) is 6.35. The zero-order valence-electron chi connectivity index (χ0n) is 7.20. The van der Waals surface area contributed by atoms with Gasteiger partial charge >= 0.3 is 0 Å². The van der Waals surface area contributed by atoms with E-state index >= 15 is 0 Å². The van der Waals surface area contributed by atoms with Crippen LogP contribution in [-0.4, -0.2) is 5.11 Å². The lowest BCUT2D eigenvalue weighted by molar-refractivity contribution is 0.479. The van der Waals surface area contributed by atoms with Crippen molar-refractivity contribution in [1.82, 2.24) is 0 Å². The summed E-state index contributed by atoms with van der Waals surface area (Å²) in [6.45, 7) is 0. The highest BCUT2D eigenvalue weighted by molar-refractivity contribution is 7.15. The van der Waals surface area contributed by atoms with Gasteiger partial charge in [-0.1, -0.05) is 18.2 Å². The second-order valence-electron chi connectivity index (χ2n) is 2.84. The molecule has 0 radical (unpaired) electrons. The molecular weight excluding hydrogens is 201 g/mol. The smallest absolute Gasteiger partial charge is 0.136 e. The Labute approximate surface area is 84.4 Å². The zero-order chi connectivity index (χ0) is 10.1. The van der Waals surface area contributed by atoms with E-state index in [1.54, 1.807) is 18.2 Å². The Morgan fingerprint density at radius 2 is 2.00 bits per heavy atom. The summed E-state index contributed by atoms with van der Waals surface area (Å²) >= 11 is 1.20. The molecule has 0 aliphatic carbocycles. The number of benzene rings is 1. The van der Waals surface area contributed by atoms with Gasteiger partial charge < -0.3 is 10.8 Å². The molecule has 0 aliphatic rings. The largest absolute Gasteiger partial charge is 0.506 e. The van der Waals surface area contributed by atoms with Crippen LogP contribution in [0.2, 0.25) is 0 Å². The number of aromatic hydroxyl groups is 1. The summed E-state index contributed by atoms with van der Waals surface area (Å²) in [4.78, 5) is 0. The van der Waals surface area contributed by atoms with Gasteiger partial charge in [0.1, 0.15) is 11.6 Å². The van der Waals surface area contributed by atoms with Crippen molar-refractivity contribution in [3.05, 3.63) is 35.5 Å². The number of hydrogen-bond donors (Lipinski definition) is 2. The van der Waals surface area contributed by atoms with Crippen molar-refractivity contribution in [2.24, 2.45) is 0 Å². The van der Waals surface area contributed by atoms with Gasteiger partial charge in [0.2, 0.25) is 0 Å². The van der Waals surface area contributed by atoms with Crippen molar-refractivity contribution in [3.8, 4) is 16.9 Å². The molecule has 0 spiro atoms. The monoisotopic (exact) mass is 209 g/mol. The van der Waals surface area contributed by atoms with E-state index in [4.69, 9.17) is 5.73 Å². The average molecular weight is 209 g/mol. The molecule has 1 aromatic heterocycles. The summed E-state index contributed by atoms with van der Waals surface area (Å²) in [6.07, 6.45) is 0. The first kappa shape index (κ1) is 9.02. The average Bonchev–Trinajstić information content (AvgIpc) is 2.48. The molecule has 1 heterocycles. The summed E-state index contributed by atoms with van der Waals surface area (Å²) in [5.74, 6) is -0.356. The molecule has 3 N–H and O–H groups in total. The van der Waals surface area contributed by atoms with Gasteiger partial charge in [-0.3, -0.25) is 0 Å². The van der Waals surface area contributed by atoms with Crippen molar-refractivity contribution < 1.29 is 9.50 Å². The van der Waals surface area contributed by atoms with Crippen LogP contribution >= 0.6 is 11.3 Å². The van der Waals surface area contributed by atoms with E-state index < -0.39 is 0 Å². The van der Waals surface area contributed by atoms with E-state index in [-0.39, 0.29) is 11.6 Å². The number of nitrogen functional groups attached to an aromatic ring is 1. The molecular formula is C10H8FNOS. The number of anilines is 1. The fourth-order valence-corrected chi connectivity index (χ4v) is 1.99.